The van der Waals surface area contributed by atoms with Crippen molar-refractivity contribution >= 4 is 68.9 Å². The van der Waals surface area contributed by atoms with Gasteiger partial charge in [0, 0.05) is 0 Å². The number of nitrogens with one attached hydrogen (secondary N) is 1. The van der Waals surface area contributed by atoms with Crippen molar-refractivity contribution in [2.75, 3.05) is 5.34 Å². The molecule has 2 saturated carbocycles. The van der Waals surface area contributed by atoms with Crippen molar-refractivity contribution in [2.24, 2.45) is 38.5 Å². The summed E-state index contributed by atoms with van der Waals surface area (Å²) in [5.41, 5.74) is -5.16. The summed E-state index contributed by atoms with van der Waals surface area (Å²) in [7, 11) is -6.11. The Labute approximate surface area is 499 Å². The molecule has 2 atom stereocenters. The molecule has 2 spiro atoms. The Morgan fingerprint density at radius 2 is 0.988 bits per heavy atom. The lowest BCUT2D eigenvalue weighted by Crippen LogP contribution is -2.56. The molecule has 2 heterocycles. The zero-order chi connectivity index (χ0) is 60.8. The first-order valence-electron chi connectivity index (χ1n) is 27.9. The van der Waals surface area contributed by atoms with Crippen LogP contribution in [0.3, 0.4) is 0 Å². The number of esters is 2. The first-order valence-corrected chi connectivity index (χ1v) is 30.4. The standard InChI is InChI=1S/C30H43F3N2O6S.C29H44N2O4.CH2Cl2.2CH4/c1-19(2)40-26(37)21-11-9-20(10-12-21)23(15-16-27(3,4)5)35-25(36)24(41-42(38,39)30(31,32)33)34-29(35)17-13-22(14-18-29)28(6,7)8;1-19(2)35-26(34)21-11-9-20(10-12-21)23(15-16-27(3,4)5)31-25(33)24(32)30-29(31)17-13-22(14-18-29)28(6,7)8;2-1-3;;/h9-12,19,22-23H,13-18H2,1-8H3;9-12,19,22-23H,13-18H2,1-8H3,(H,30,32);1H2;2*1H4/t2*22?,23-,29?;;;/m11.../s1. The predicted octanol–water partition coefficient (Wildman–Crippen LogP) is 15.9. The van der Waals surface area contributed by atoms with Crippen molar-refractivity contribution in [2.45, 2.75) is 244 Å². The van der Waals surface area contributed by atoms with E-state index in [0.717, 1.165) is 44.1 Å². The van der Waals surface area contributed by atoms with Crippen molar-refractivity contribution in [3.8, 4) is 0 Å². The predicted molar refractivity (Wildman–Crippen MR) is 320 cm³/mol. The fraction of sp³-hybridized carbons (Fsp3) is 0.710. The highest BCUT2D eigenvalue weighted by Crippen LogP contribution is 2.51. The molecule has 0 aromatic heterocycles. The first kappa shape index (κ1) is 73.7. The number of rotatable bonds is 13. The van der Waals surface area contributed by atoms with Gasteiger partial charge in [-0.1, -0.05) is 122 Å². The van der Waals surface area contributed by atoms with E-state index in [9.17, 15) is 45.6 Å². The van der Waals surface area contributed by atoms with Crippen LogP contribution in [0.4, 0.5) is 13.2 Å². The van der Waals surface area contributed by atoms with E-state index >= 15 is 0 Å². The summed E-state index contributed by atoms with van der Waals surface area (Å²) >= 11 is 9.53. The smallest absolute Gasteiger partial charge is 0.459 e. The summed E-state index contributed by atoms with van der Waals surface area (Å²) in [6, 6.07) is 13.0. The molecule has 2 aliphatic heterocycles. The molecular formula is C62H97Cl2F3N4O10S. The molecule has 2 aliphatic carbocycles. The van der Waals surface area contributed by atoms with Gasteiger partial charge >= 0.3 is 45.3 Å². The van der Waals surface area contributed by atoms with Gasteiger partial charge < -0.3 is 28.8 Å². The molecule has 2 aromatic rings. The number of halogens is 5. The number of alkyl halides is 5. The van der Waals surface area contributed by atoms with Gasteiger partial charge in [0.2, 0.25) is 0 Å². The largest absolute Gasteiger partial charge is 0.534 e. The second-order valence-electron chi connectivity index (χ2n) is 27.0. The molecule has 3 amide bonds. The van der Waals surface area contributed by atoms with Gasteiger partial charge in [0.05, 0.1) is 40.8 Å². The first-order chi connectivity index (χ1) is 36.6. The summed E-state index contributed by atoms with van der Waals surface area (Å²) in [5.74, 6) is -3.05. The SMILES string of the molecule is C.C.CC(C)OC(=O)c1ccc([C@@H](CCC(C)(C)C)N2C(=O)C(=O)NC23CCC(C(C)(C)C)CC3)cc1.CC(C)OC(=O)c1ccc([C@@H](CCC(C)(C)C)N2C(=O)C(OS(=O)(=O)C(F)(F)F)=NC23CCC(C(C)(C)C)CC3)cc1.ClCCl. The van der Waals surface area contributed by atoms with Crippen LogP contribution in [0.5, 0.6) is 0 Å². The minimum atomic E-state index is -6.11. The van der Waals surface area contributed by atoms with Crippen molar-refractivity contribution < 1.29 is 59.2 Å². The molecule has 0 bridgehead atoms. The van der Waals surface area contributed by atoms with Gasteiger partial charge in [0.1, 0.15) is 11.3 Å². The highest BCUT2D eigenvalue weighted by Gasteiger charge is 2.58. The molecule has 4 aliphatic rings. The highest BCUT2D eigenvalue weighted by atomic mass is 35.5. The van der Waals surface area contributed by atoms with Crippen molar-refractivity contribution in [3.63, 3.8) is 0 Å². The van der Waals surface area contributed by atoms with Crippen molar-refractivity contribution in [3.05, 3.63) is 70.8 Å². The highest BCUT2D eigenvalue weighted by molar-refractivity contribution is 7.88. The molecule has 2 aromatic carbocycles. The number of carbonyl (C=O) groups is 5. The Hall–Kier alpha value is -4.42. The Bertz CT molecular complexity index is 2600. The zero-order valence-corrected chi connectivity index (χ0v) is 52.3. The Morgan fingerprint density at radius 3 is 1.32 bits per heavy atom. The topological polar surface area (TPSA) is 178 Å². The van der Waals surface area contributed by atoms with E-state index in [0.29, 0.717) is 61.1 Å². The third kappa shape index (κ3) is 19.3. The average molecular weight is 1220 g/mol. The molecule has 1 saturated heterocycles. The molecule has 20 heteroatoms. The second-order valence-corrected chi connectivity index (χ2v) is 29.3. The number of benzene rings is 2. The molecule has 82 heavy (non-hydrogen) atoms. The van der Waals surface area contributed by atoms with Gasteiger partial charge in [-0.25, -0.2) is 14.6 Å². The molecule has 0 radical (unpaired) electrons. The van der Waals surface area contributed by atoms with Crippen LogP contribution in [-0.2, 0) is 38.2 Å². The molecule has 6 rings (SSSR count). The number of hydrogen-bond acceptors (Lipinski definition) is 11. The van der Waals surface area contributed by atoms with E-state index in [4.69, 9.17) is 32.7 Å². The monoisotopic (exact) mass is 1220 g/mol. The third-order valence-electron chi connectivity index (χ3n) is 15.6. The molecule has 0 unspecified atom stereocenters. The van der Waals surface area contributed by atoms with E-state index in [1.165, 1.54) is 4.90 Å². The maximum Gasteiger partial charge on any atom is 0.534 e. The number of carbonyl (C=O) groups excluding carboxylic acids is 5. The Morgan fingerprint density at radius 1 is 0.634 bits per heavy atom. The average Bonchev–Trinajstić information content (AvgIpc) is 3.70. The normalized spacial score (nSPS) is 22.2. The fourth-order valence-electron chi connectivity index (χ4n) is 11.2. The molecule has 14 nitrogen and oxygen atoms in total. The van der Waals surface area contributed by atoms with E-state index in [2.05, 4.69) is 76.8 Å². The number of amides is 3. The fourth-order valence-corrected chi connectivity index (χ4v) is 11.6. The number of ether oxygens (including phenoxy) is 2. The number of nitrogens with zero attached hydrogens (tertiary/aromatic N) is 3. The number of aliphatic imine (C=N–C) groups is 1. The van der Waals surface area contributed by atoms with Gasteiger partial charge in [0.25, 0.3) is 5.90 Å². The van der Waals surface area contributed by atoms with Gasteiger partial charge in [0.15, 0.2) is 0 Å². The van der Waals surface area contributed by atoms with E-state index < -0.39 is 62.6 Å². The summed E-state index contributed by atoms with van der Waals surface area (Å²) in [6.07, 6.45) is 7.61. The van der Waals surface area contributed by atoms with Gasteiger partial charge in [-0.05, 0) is 174 Å². The van der Waals surface area contributed by atoms with Crippen LogP contribution >= 0.6 is 23.2 Å². The van der Waals surface area contributed by atoms with Crippen LogP contribution in [0.15, 0.2) is 53.5 Å². The van der Waals surface area contributed by atoms with E-state index in [1.807, 2.05) is 51.7 Å². The van der Waals surface area contributed by atoms with E-state index in [-0.39, 0.29) is 72.0 Å². The lowest BCUT2D eigenvalue weighted by atomic mass is 9.69. The molecule has 1 N–H and O–H groups in total. The minimum Gasteiger partial charge on any atom is -0.459 e. The third-order valence-corrected chi connectivity index (χ3v) is 16.6. The minimum absolute atomic E-state index is 0. The summed E-state index contributed by atoms with van der Waals surface area (Å²) in [4.78, 5) is 72.4. The van der Waals surface area contributed by atoms with Crippen LogP contribution in [-0.4, -0.2) is 88.2 Å². The number of hydrogen-bond donors (Lipinski definition) is 1. The van der Waals surface area contributed by atoms with Crippen LogP contribution in [0.25, 0.3) is 0 Å². The maximum atomic E-state index is 13.9. The zero-order valence-electron chi connectivity index (χ0n) is 50.0. The molecule has 3 fully saturated rings. The Balaban J connectivity index is 0.000000529. The molecule has 466 valence electrons. The maximum absolute atomic E-state index is 13.9. The lowest BCUT2D eigenvalue weighted by Gasteiger charge is -2.48. The lowest BCUT2D eigenvalue weighted by molar-refractivity contribution is -0.144. The van der Waals surface area contributed by atoms with Gasteiger partial charge in [-0.3, -0.25) is 14.4 Å². The van der Waals surface area contributed by atoms with Gasteiger partial charge in [-0.2, -0.15) is 21.6 Å². The van der Waals surface area contributed by atoms with Crippen LogP contribution in [0.1, 0.15) is 247 Å². The summed E-state index contributed by atoms with van der Waals surface area (Å²) in [5, 5.41) is 3.30. The van der Waals surface area contributed by atoms with E-state index in [1.54, 1.807) is 50.2 Å². The van der Waals surface area contributed by atoms with Crippen molar-refractivity contribution in [1.82, 2.24) is 15.1 Å². The molecular weight excluding hydrogens is 1120 g/mol. The summed E-state index contributed by atoms with van der Waals surface area (Å²) < 4.78 is 78.7. The Kier molecular flexibility index (Phi) is 25.7. The van der Waals surface area contributed by atoms with Gasteiger partial charge in [-0.15, -0.1) is 23.2 Å². The summed E-state index contributed by atoms with van der Waals surface area (Å²) in [6.45, 7) is 32.9. The van der Waals surface area contributed by atoms with Crippen LogP contribution in [0.2, 0.25) is 0 Å². The van der Waals surface area contributed by atoms with Crippen LogP contribution < -0.4 is 5.32 Å². The van der Waals surface area contributed by atoms with Crippen LogP contribution in [0, 0.1) is 33.5 Å². The second kappa shape index (κ2) is 28.6. The van der Waals surface area contributed by atoms with Crippen molar-refractivity contribution in [1.29, 1.82) is 0 Å². The quantitative estimate of drug-likeness (QED) is 0.0667.